The van der Waals surface area contributed by atoms with E-state index in [4.69, 9.17) is 14.2 Å². The van der Waals surface area contributed by atoms with Gasteiger partial charge in [-0.3, -0.25) is 4.99 Å². The third-order valence-corrected chi connectivity index (χ3v) is 4.54. The molecule has 1 fully saturated rings. The van der Waals surface area contributed by atoms with Gasteiger partial charge in [0, 0.05) is 40.5 Å². The van der Waals surface area contributed by atoms with E-state index in [0.29, 0.717) is 12.7 Å². The molecule has 0 atom stereocenters. The Morgan fingerprint density at radius 1 is 1.19 bits per heavy atom. The van der Waals surface area contributed by atoms with Crippen molar-refractivity contribution in [2.45, 2.75) is 32.3 Å². The van der Waals surface area contributed by atoms with Crippen LogP contribution in [-0.2, 0) is 9.47 Å². The van der Waals surface area contributed by atoms with Crippen molar-refractivity contribution >= 4 is 29.9 Å². The van der Waals surface area contributed by atoms with Crippen molar-refractivity contribution in [3.05, 3.63) is 29.8 Å². The summed E-state index contributed by atoms with van der Waals surface area (Å²) in [5.41, 5.74) is 1.16. The summed E-state index contributed by atoms with van der Waals surface area (Å²) in [6.45, 7) is 6.88. The van der Waals surface area contributed by atoms with Gasteiger partial charge < -0.3 is 24.4 Å². The lowest BCUT2D eigenvalue weighted by Gasteiger charge is -2.34. The number of piperidine rings is 1. The van der Waals surface area contributed by atoms with Crippen LogP contribution in [-0.4, -0.2) is 70.6 Å². The van der Waals surface area contributed by atoms with Crippen LogP contribution in [0.5, 0.6) is 5.75 Å². The Balaban J connectivity index is 0.00000364. The molecule has 27 heavy (non-hydrogen) atoms. The van der Waals surface area contributed by atoms with Gasteiger partial charge in [0.1, 0.15) is 12.4 Å². The number of guanidine groups is 1. The van der Waals surface area contributed by atoms with Crippen LogP contribution < -0.4 is 10.1 Å². The van der Waals surface area contributed by atoms with Crippen LogP contribution in [0.1, 0.15) is 24.8 Å². The maximum atomic E-state index is 5.92. The van der Waals surface area contributed by atoms with E-state index in [1.807, 2.05) is 25.2 Å². The highest BCUT2D eigenvalue weighted by Crippen LogP contribution is 2.16. The van der Waals surface area contributed by atoms with Gasteiger partial charge in [-0.1, -0.05) is 18.2 Å². The SMILES string of the molecule is CN=C(NCCOc1ccccc1C)N1CCC(OCCCOC)CC1.I. The lowest BCUT2D eigenvalue weighted by molar-refractivity contribution is 0.00989. The van der Waals surface area contributed by atoms with Crippen molar-refractivity contribution in [3.8, 4) is 5.75 Å². The molecule has 154 valence electrons. The largest absolute Gasteiger partial charge is 0.491 e. The van der Waals surface area contributed by atoms with Gasteiger partial charge in [-0.25, -0.2) is 0 Å². The zero-order valence-electron chi connectivity index (χ0n) is 16.8. The maximum Gasteiger partial charge on any atom is 0.193 e. The molecule has 1 aliphatic rings. The molecular weight excluding hydrogens is 457 g/mol. The summed E-state index contributed by atoms with van der Waals surface area (Å²) in [6, 6.07) is 8.08. The van der Waals surface area contributed by atoms with E-state index in [9.17, 15) is 0 Å². The molecule has 0 unspecified atom stereocenters. The van der Waals surface area contributed by atoms with Crippen LogP contribution in [0.25, 0.3) is 0 Å². The second-order valence-electron chi connectivity index (χ2n) is 6.49. The molecule has 0 spiro atoms. The quantitative estimate of drug-likeness (QED) is 0.249. The van der Waals surface area contributed by atoms with E-state index in [-0.39, 0.29) is 24.0 Å². The van der Waals surface area contributed by atoms with Crippen LogP contribution in [0.15, 0.2) is 29.3 Å². The third-order valence-electron chi connectivity index (χ3n) is 4.54. The minimum atomic E-state index is 0. The van der Waals surface area contributed by atoms with Crippen LogP contribution in [0, 0.1) is 6.92 Å². The normalized spacial score (nSPS) is 15.4. The number of aliphatic imine (C=N–C) groups is 1. The number of methoxy groups -OCH3 is 1. The van der Waals surface area contributed by atoms with Crippen LogP contribution in [0.2, 0.25) is 0 Å². The molecule has 0 bridgehead atoms. The summed E-state index contributed by atoms with van der Waals surface area (Å²) in [7, 11) is 3.56. The Bertz CT molecular complexity index is 549. The van der Waals surface area contributed by atoms with E-state index < -0.39 is 0 Å². The molecule has 7 heteroatoms. The second kappa shape index (κ2) is 14.0. The molecule has 2 rings (SSSR count). The highest BCUT2D eigenvalue weighted by Gasteiger charge is 2.21. The average molecular weight is 491 g/mol. The number of nitrogens with one attached hydrogen (secondary N) is 1. The summed E-state index contributed by atoms with van der Waals surface area (Å²) >= 11 is 0. The second-order valence-corrected chi connectivity index (χ2v) is 6.49. The fourth-order valence-corrected chi connectivity index (χ4v) is 3.06. The standard InChI is InChI=1S/C20H33N3O3.HI/c1-17-7-4-5-8-19(17)26-16-11-22-20(21-2)23-12-9-18(10-13-23)25-15-6-14-24-3;/h4-5,7-8,18H,6,9-16H2,1-3H3,(H,21,22);1H. The first-order valence-electron chi connectivity index (χ1n) is 9.49. The Kier molecular flexibility index (Phi) is 12.4. The molecule has 0 aromatic heterocycles. The molecule has 1 aliphatic heterocycles. The Labute approximate surface area is 180 Å². The monoisotopic (exact) mass is 491 g/mol. The van der Waals surface area contributed by atoms with Crippen molar-refractivity contribution in [2.24, 2.45) is 4.99 Å². The summed E-state index contributed by atoms with van der Waals surface area (Å²) in [4.78, 5) is 6.70. The van der Waals surface area contributed by atoms with E-state index in [1.165, 1.54) is 0 Å². The summed E-state index contributed by atoms with van der Waals surface area (Å²) in [5.74, 6) is 1.88. The first-order valence-corrected chi connectivity index (χ1v) is 9.49. The predicted octanol–water partition coefficient (Wildman–Crippen LogP) is 3.08. The number of aryl methyl sites for hydroxylation is 1. The molecule has 1 aromatic carbocycles. The topological polar surface area (TPSA) is 55.3 Å². The van der Waals surface area contributed by atoms with Gasteiger partial charge in [0.05, 0.1) is 12.6 Å². The molecule has 1 aromatic rings. The fraction of sp³-hybridized carbons (Fsp3) is 0.650. The van der Waals surface area contributed by atoms with Gasteiger partial charge >= 0.3 is 0 Å². The third kappa shape index (κ3) is 8.66. The number of nitrogens with zero attached hydrogens (tertiary/aromatic N) is 2. The summed E-state index contributed by atoms with van der Waals surface area (Å²) in [6.07, 6.45) is 3.38. The molecule has 6 nitrogen and oxygen atoms in total. The molecule has 1 saturated heterocycles. The number of rotatable bonds is 9. The number of benzene rings is 1. The smallest absolute Gasteiger partial charge is 0.193 e. The molecule has 1 heterocycles. The van der Waals surface area contributed by atoms with E-state index >= 15 is 0 Å². The highest BCUT2D eigenvalue weighted by molar-refractivity contribution is 14.0. The van der Waals surface area contributed by atoms with Gasteiger partial charge in [-0.2, -0.15) is 0 Å². The number of halogens is 1. The zero-order chi connectivity index (χ0) is 18.6. The van der Waals surface area contributed by atoms with E-state index in [1.54, 1.807) is 7.11 Å². The minimum absolute atomic E-state index is 0. The molecule has 1 N–H and O–H groups in total. The summed E-state index contributed by atoms with van der Waals surface area (Å²) in [5, 5.41) is 3.40. The number of hydrogen-bond acceptors (Lipinski definition) is 4. The minimum Gasteiger partial charge on any atom is -0.491 e. The van der Waals surface area contributed by atoms with Crippen LogP contribution in [0.4, 0.5) is 0 Å². The number of hydrogen-bond donors (Lipinski definition) is 1. The molecule has 0 radical (unpaired) electrons. The maximum absolute atomic E-state index is 5.92. The Morgan fingerprint density at radius 2 is 1.93 bits per heavy atom. The van der Waals surface area contributed by atoms with Crippen LogP contribution in [0.3, 0.4) is 0 Å². The van der Waals surface area contributed by atoms with E-state index in [0.717, 1.165) is 69.4 Å². The first-order chi connectivity index (χ1) is 12.7. The number of likely N-dealkylation sites (tertiary alicyclic amines) is 1. The lowest BCUT2D eigenvalue weighted by Crippen LogP contribution is -2.47. The molecule has 0 amide bonds. The number of ether oxygens (including phenoxy) is 3. The van der Waals surface area contributed by atoms with Gasteiger partial charge in [0.15, 0.2) is 5.96 Å². The molecule has 0 saturated carbocycles. The zero-order valence-corrected chi connectivity index (χ0v) is 19.1. The van der Waals surface area contributed by atoms with Crippen molar-refractivity contribution in [1.82, 2.24) is 10.2 Å². The molecule has 0 aliphatic carbocycles. The average Bonchev–Trinajstić information content (AvgIpc) is 2.67. The predicted molar refractivity (Wildman–Crippen MR) is 120 cm³/mol. The Hall–Kier alpha value is -1.06. The van der Waals surface area contributed by atoms with Crippen molar-refractivity contribution in [1.29, 1.82) is 0 Å². The number of para-hydroxylation sites is 1. The fourth-order valence-electron chi connectivity index (χ4n) is 3.06. The van der Waals surface area contributed by atoms with Crippen molar-refractivity contribution in [3.63, 3.8) is 0 Å². The van der Waals surface area contributed by atoms with Gasteiger partial charge in [-0.15, -0.1) is 24.0 Å². The summed E-state index contributed by atoms with van der Waals surface area (Å²) < 4.78 is 16.8. The van der Waals surface area contributed by atoms with Crippen molar-refractivity contribution < 1.29 is 14.2 Å². The van der Waals surface area contributed by atoms with Gasteiger partial charge in [-0.05, 0) is 37.8 Å². The lowest BCUT2D eigenvalue weighted by atomic mass is 10.1. The van der Waals surface area contributed by atoms with Crippen molar-refractivity contribution in [2.75, 3.05) is 53.6 Å². The first kappa shape index (κ1) is 24.0. The van der Waals surface area contributed by atoms with Crippen LogP contribution >= 0.6 is 24.0 Å². The Morgan fingerprint density at radius 3 is 2.59 bits per heavy atom. The van der Waals surface area contributed by atoms with Gasteiger partial charge in [0.2, 0.25) is 0 Å². The van der Waals surface area contributed by atoms with Gasteiger partial charge in [0.25, 0.3) is 0 Å². The van der Waals surface area contributed by atoms with E-state index in [2.05, 4.69) is 28.2 Å². The molecular formula is C20H34IN3O3. The highest BCUT2D eigenvalue weighted by atomic mass is 127.